The summed E-state index contributed by atoms with van der Waals surface area (Å²) in [5.74, 6) is 0. The topological polar surface area (TPSA) is 45.7 Å². The Kier molecular flexibility index (Phi) is 5.73. The van der Waals surface area contributed by atoms with E-state index in [9.17, 15) is 13.2 Å². The van der Waals surface area contributed by atoms with Crippen molar-refractivity contribution >= 4 is 23.5 Å². The number of thiocarbonyl (C=S) groups is 1. The number of nitrogens with one attached hydrogen (secondary N) is 2. The molecule has 2 N–H and O–H groups in total. The zero-order valence-electron chi connectivity index (χ0n) is 11.7. The van der Waals surface area contributed by atoms with Crippen molar-refractivity contribution in [2.24, 2.45) is 5.10 Å². The number of halogens is 3. The summed E-state index contributed by atoms with van der Waals surface area (Å²) in [6, 6.07) is 4.71. The van der Waals surface area contributed by atoms with Crippen molar-refractivity contribution in [1.82, 2.24) is 10.7 Å². The number of rotatable bonds is 4. The predicted octanol–water partition coefficient (Wildman–Crippen LogP) is 2.68. The summed E-state index contributed by atoms with van der Waals surface area (Å²) in [5.41, 5.74) is 2.47. The fourth-order valence-electron chi connectivity index (χ4n) is 1.97. The average molecular weight is 331 g/mol. The standard InChI is InChI=1S/C14H16F3N3OS/c15-14(16,17)11-5-3-10(4-6-11)8-19-20-13(22)18-9-12-2-1-7-21-12/h3-6,8,12H,1-2,7,9H2,(H2,18,20,22)/b19-8+. The number of hydrogen-bond acceptors (Lipinski definition) is 3. The Labute approximate surface area is 131 Å². The van der Waals surface area contributed by atoms with Gasteiger partial charge in [-0.15, -0.1) is 0 Å². The Balaban J connectivity index is 1.75. The van der Waals surface area contributed by atoms with E-state index < -0.39 is 11.7 Å². The minimum atomic E-state index is -4.33. The second-order valence-electron chi connectivity index (χ2n) is 4.83. The summed E-state index contributed by atoms with van der Waals surface area (Å²) < 4.78 is 42.7. The third kappa shape index (κ3) is 5.27. The van der Waals surface area contributed by atoms with Crippen LogP contribution in [0.3, 0.4) is 0 Å². The van der Waals surface area contributed by atoms with Gasteiger partial charge in [-0.05, 0) is 42.8 Å². The fraction of sp³-hybridized carbons (Fsp3) is 0.429. The Hall–Kier alpha value is -1.67. The molecule has 0 saturated carbocycles. The molecule has 0 radical (unpaired) electrons. The lowest BCUT2D eigenvalue weighted by Gasteiger charge is -2.11. The molecule has 0 amide bonds. The van der Waals surface area contributed by atoms with Gasteiger partial charge in [0.2, 0.25) is 0 Å². The molecule has 120 valence electrons. The van der Waals surface area contributed by atoms with Crippen molar-refractivity contribution in [2.45, 2.75) is 25.1 Å². The quantitative estimate of drug-likeness (QED) is 0.506. The highest BCUT2D eigenvalue weighted by atomic mass is 32.1. The van der Waals surface area contributed by atoms with Crippen molar-refractivity contribution in [2.75, 3.05) is 13.2 Å². The monoisotopic (exact) mass is 331 g/mol. The van der Waals surface area contributed by atoms with E-state index in [-0.39, 0.29) is 6.10 Å². The molecule has 1 aromatic rings. The van der Waals surface area contributed by atoms with Crippen LogP contribution >= 0.6 is 12.2 Å². The summed E-state index contributed by atoms with van der Waals surface area (Å²) >= 11 is 5.03. The molecule has 1 fully saturated rings. The van der Waals surface area contributed by atoms with Gasteiger partial charge in [-0.1, -0.05) is 12.1 Å². The summed E-state index contributed by atoms with van der Waals surface area (Å²) in [4.78, 5) is 0. The van der Waals surface area contributed by atoms with E-state index >= 15 is 0 Å². The van der Waals surface area contributed by atoms with E-state index in [4.69, 9.17) is 17.0 Å². The van der Waals surface area contributed by atoms with E-state index in [0.717, 1.165) is 31.6 Å². The molecular weight excluding hydrogens is 315 g/mol. The molecule has 1 saturated heterocycles. The zero-order chi connectivity index (χ0) is 16.0. The lowest BCUT2D eigenvalue weighted by molar-refractivity contribution is -0.137. The summed E-state index contributed by atoms with van der Waals surface area (Å²) in [6.45, 7) is 1.39. The minimum absolute atomic E-state index is 0.165. The number of ether oxygens (including phenoxy) is 1. The predicted molar refractivity (Wildman–Crippen MR) is 81.7 cm³/mol. The molecule has 1 aromatic carbocycles. The number of nitrogens with zero attached hydrogens (tertiary/aromatic N) is 1. The van der Waals surface area contributed by atoms with Crippen LogP contribution in [0.15, 0.2) is 29.4 Å². The smallest absolute Gasteiger partial charge is 0.376 e. The van der Waals surface area contributed by atoms with Crippen molar-refractivity contribution in [3.05, 3.63) is 35.4 Å². The van der Waals surface area contributed by atoms with Crippen molar-refractivity contribution < 1.29 is 17.9 Å². The molecule has 0 spiro atoms. The van der Waals surface area contributed by atoms with Gasteiger partial charge in [-0.3, -0.25) is 5.43 Å². The van der Waals surface area contributed by atoms with Crippen LogP contribution in [0.4, 0.5) is 13.2 Å². The zero-order valence-corrected chi connectivity index (χ0v) is 12.5. The lowest BCUT2D eigenvalue weighted by Crippen LogP contribution is -2.37. The molecule has 22 heavy (non-hydrogen) atoms. The highest BCUT2D eigenvalue weighted by Crippen LogP contribution is 2.28. The third-order valence-corrected chi connectivity index (χ3v) is 3.37. The van der Waals surface area contributed by atoms with Crippen LogP contribution in [-0.4, -0.2) is 30.6 Å². The molecule has 8 heteroatoms. The van der Waals surface area contributed by atoms with Crippen LogP contribution in [0.5, 0.6) is 0 Å². The molecular formula is C14H16F3N3OS. The van der Waals surface area contributed by atoms with Gasteiger partial charge in [-0.25, -0.2) is 0 Å². The van der Waals surface area contributed by atoms with Crippen molar-refractivity contribution in [3.8, 4) is 0 Å². The van der Waals surface area contributed by atoms with Gasteiger partial charge >= 0.3 is 6.18 Å². The van der Waals surface area contributed by atoms with Crippen LogP contribution in [0, 0.1) is 0 Å². The largest absolute Gasteiger partial charge is 0.416 e. The second kappa shape index (κ2) is 7.55. The first kappa shape index (κ1) is 16.7. The molecule has 2 rings (SSSR count). The van der Waals surface area contributed by atoms with Crippen LogP contribution in [0.1, 0.15) is 24.0 Å². The Morgan fingerprint density at radius 2 is 2.09 bits per heavy atom. The minimum Gasteiger partial charge on any atom is -0.376 e. The maximum absolute atomic E-state index is 12.4. The first-order valence-corrected chi connectivity index (χ1v) is 7.22. The maximum atomic E-state index is 12.4. The SMILES string of the molecule is FC(F)(F)c1ccc(/C=N/NC(=S)NCC2CCCO2)cc1. The van der Waals surface area contributed by atoms with Gasteiger partial charge in [0.25, 0.3) is 0 Å². The van der Waals surface area contributed by atoms with Crippen LogP contribution in [0.2, 0.25) is 0 Å². The van der Waals surface area contributed by atoms with Gasteiger partial charge in [-0.2, -0.15) is 18.3 Å². The summed E-state index contributed by atoms with van der Waals surface area (Å²) in [6.07, 6.45) is -0.705. The number of alkyl halides is 3. The first-order chi connectivity index (χ1) is 10.4. The molecule has 1 aliphatic rings. The number of hydrazone groups is 1. The first-order valence-electron chi connectivity index (χ1n) is 6.81. The van der Waals surface area contributed by atoms with Gasteiger partial charge < -0.3 is 10.1 Å². The van der Waals surface area contributed by atoms with E-state index in [1.165, 1.54) is 18.3 Å². The molecule has 1 atom stereocenters. The Morgan fingerprint density at radius 1 is 1.36 bits per heavy atom. The van der Waals surface area contributed by atoms with Crippen molar-refractivity contribution in [1.29, 1.82) is 0 Å². The van der Waals surface area contributed by atoms with Gasteiger partial charge in [0.15, 0.2) is 5.11 Å². The normalized spacial score (nSPS) is 18.6. The number of hydrogen-bond donors (Lipinski definition) is 2. The summed E-state index contributed by atoms with van der Waals surface area (Å²) in [7, 11) is 0. The molecule has 0 aliphatic carbocycles. The third-order valence-electron chi connectivity index (χ3n) is 3.13. The molecule has 1 heterocycles. The van der Waals surface area contributed by atoms with E-state index in [2.05, 4.69) is 15.8 Å². The molecule has 4 nitrogen and oxygen atoms in total. The van der Waals surface area contributed by atoms with Crippen LogP contribution in [0.25, 0.3) is 0 Å². The highest BCUT2D eigenvalue weighted by molar-refractivity contribution is 7.80. The van der Waals surface area contributed by atoms with Gasteiger partial charge in [0.1, 0.15) is 0 Å². The lowest BCUT2D eigenvalue weighted by atomic mass is 10.1. The van der Waals surface area contributed by atoms with Crippen LogP contribution < -0.4 is 10.7 Å². The highest BCUT2D eigenvalue weighted by Gasteiger charge is 2.29. The second-order valence-corrected chi connectivity index (χ2v) is 5.24. The Bertz CT molecular complexity index is 525. The molecule has 1 aliphatic heterocycles. The van der Waals surface area contributed by atoms with E-state index in [1.54, 1.807) is 0 Å². The molecule has 0 bridgehead atoms. The van der Waals surface area contributed by atoms with Crippen molar-refractivity contribution in [3.63, 3.8) is 0 Å². The molecule has 1 unspecified atom stereocenters. The van der Waals surface area contributed by atoms with Gasteiger partial charge in [0, 0.05) is 13.2 Å². The maximum Gasteiger partial charge on any atom is 0.416 e. The average Bonchev–Trinajstić information content (AvgIpc) is 2.98. The fourth-order valence-corrected chi connectivity index (χ4v) is 2.11. The van der Waals surface area contributed by atoms with E-state index in [1.807, 2.05) is 0 Å². The van der Waals surface area contributed by atoms with Crippen LogP contribution in [-0.2, 0) is 10.9 Å². The molecule has 0 aromatic heterocycles. The van der Waals surface area contributed by atoms with Gasteiger partial charge in [0.05, 0.1) is 17.9 Å². The van der Waals surface area contributed by atoms with E-state index in [0.29, 0.717) is 17.2 Å². The Morgan fingerprint density at radius 3 is 2.68 bits per heavy atom. The number of benzene rings is 1. The summed E-state index contributed by atoms with van der Waals surface area (Å²) in [5, 5.41) is 7.20.